The van der Waals surface area contributed by atoms with Crippen LogP contribution in [0.25, 0.3) is 0 Å². The van der Waals surface area contributed by atoms with Crippen molar-refractivity contribution in [2.45, 2.75) is 251 Å². The van der Waals surface area contributed by atoms with Crippen molar-refractivity contribution < 1.29 is 120 Å². The minimum absolute atomic E-state index is 0.0380. The zero-order valence-corrected chi connectivity index (χ0v) is 61.5. The highest BCUT2D eigenvalue weighted by atomic mass is 16.5. The van der Waals surface area contributed by atoms with Crippen LogP contribution in [0.3, 0.4) is 0 Å². The maximum absolute atomic E-state index is 13.2. The Bertz CT molecular complexity index is 1870. The number of aliphatic carboxylic acids is 1. The van der Waals surface area contributed by atoms with Gasteiger partial charge in [0.1, 0.15) is 5.54 Å². The van der Waals surface area contributed by atoms with Gasteiger partial charge in [-0.15, -0.1) is 0 Å². The molecule has 0 rings (SSSR count). The normalized spacial score (nSPS) is 10.9. The molecule has 0 aromatic carbocycles. The number of hydrogen-bond acceptors (Lipinski definition) is 25. The first-order valence-corrected chi connectivity index (χ1v) is 31.6. The summed E-state index contributed by atoms with van der Waals surface area (Å²) in [6.45, 7) is 46.4. The van der Waals surface area contributed by atoms with Crippen molar-refractivity contribution in [3.63, 3.8) is 0 Å². The van der Waals surface area contributed by atoms with Crippen LogP contribution in [-0.2, 0) is 115 Å². The third kappa shape index (κ3) is 116. The molecule has 0 aromatic heterocycles. The van der Waals surface area contributed by atoms with Gasteiger partial charge < -0.3 is 54.1 Å². The Morgan fingerprint density at radius 1 is 0.326 bits per heavy atom. The minimum Gasteiger partial charge on any atom is -0.481 e. The second-order valence-corrected chi connectivity index (χ2v) is 29.2. The average molecular weight is 1370 g/mol. The zero-order chi connectivity index (χ0) is 76.1. The van der Waals surface area contributed by atoms with Crippen LogP contribution < -0.4 is 11.1 Å². The van der Waals surface area contributed by atoms with Gasteiger partial charge in [0.15, 0.2) is 0 Å². The second-order valence-electron chi connectivity index (χ2n) is 29.2. The predicted molar refractivity (Wildman–Crippen MR) is 344 cm³/mol. The van der Waals surface area contributed by atoms with Crippen molar-refractivity contribution in [3.8, 4) is 0 Å². The van der Waals surface area contributed by atoms with Crippen LogP contribution in [-0.4, -0.2) is 170 Å². The van der Waals surface area contributed by atoms with E-state index in [-0.39, 0.29) is 94.1 Å². The molecule has 27 nitrogen and oxygen atoms in total. The topological polar surface area (TPSA) is 405 Å². The third-order valence-electron chi connectivity index (χ3n) is 12.2. The molecular formula is C68H124N2O25. The Morgan fingerprint density at radius 2 is 0.526 bits per heavy atom. The molecule has 0 aliphatic carbocycles. The van der Waals surface area contributed by atoms with E-state index >= 15 is 0 Å². The molecule has 0 unspecified atom stereocenters. The van der Waals surface area contributed by atoms with Crippen LogP contribution >= 0.6 is 0 Å². The lowest BCUT2D eigenvalue weighted by Crippen LogP contribution is -2.58. The fraction of sp³-hybridized carbons (Fsp3) is 0.853. The van der Waals surface area contributed by atoms with Gasteiger partial charge in [0.05, 0.1) is 72.2 Å². The molecule has 0 bridgehead atoms. The van der Waals surface area contributed by atoms with Gasteiger partial charge in [-0.1, -0.05) is 163 Å². The monoisotopic (exact) mass is 1370 g/mol. The summed E-state index contributed by atoms with van der Waals surface area (Å²) in [7, 11) is 2.67. The molecule has 0 aliphatic heterocycles. The SMILES string of the molecule is CC(C)(C)CCOCC(N)(COCCC(C)(C)C)COCCC(C)(C)C.COC(=O)CCC(=O)O.COC(=O)CCCCCCCCCCC(=O)NC(COCCC(C)(C)C)(COCCC(C)(C)C)COCCC(C)(C)C.O=C=O.O=C=O.O=C=O.O=C=O.O=C=O.O=C=O. The highest BCUT2D eigenvalue weighted by Crippen LogP contribution is 2.24. The molecule has 95 heavy (non-hydrogen) atoms. The fourth-order valence-corrected chi connectivity index (χ4v) is 6.64. The van der Waals surface area contributed by atoms with E-state index in [2.05, 4.69) is 139 Å². The van der Waals surface area contributed by atoms with Gasteiger partial charge in [-0.3, -0.25) is 19.2 Å². The van der Waals surface area contributed by atoms with E-state index in [1.54, 1.807) is 0 Å². The van der Waals surface area contributed by atoms with E-state index in [0.717, 1.165) is 83.5 Å². The Kier molecular flexibility index (Phi) is 76.8. The maximum Gasteiger partial charge on any atom is 0.373 e. The van der Waals surface area contributed by atoms with Gasteiger partial charge in [-0.2, -0.15) is 57.5 Å². The summed E-state index contributed by atoms with van der Waals surface area (Å²) in [5.41, 5.74) is 6.62. The van der Waals surface area contributed by atoms with Gasteiger partial charge in [-0.05, 0) is 83.9 Å². The predicted octanol–water partition coefficient (Wildman–Crippen LogP) is 9.84. The number of carboxylic acid groups (broad SMARTS) is 1. The number of unbranched alkanes of at least 4 members (excludes halogenated alkanes) is 7. The first-order valence-electron chi connectivity index (χ1n) is 31.6. The summed E-state index contributed by atoms with van der Waals surface area (Å²) in [6.07, 6.45) is 16.6. The number of hydrogen-bond donors (Lipinski definition) is 3. The van der Waals surface area contributed by atoms with Gasteiger partial charge >= 0.3 is 54.8 Å². The summed E-state index contributed by atoms with van der Waals surface area (Å²) >= 11 is 0. The number of methoxy groups -OCH3 is 2. The number of amides is 1. The Morgan fingerprint density at radius 3 is 0.737 bits per heavy atom. The average Bonchev–Trinajstić information content (AvgIpc) is 1.27. The van der Waals surface area contributed by atoms with E-state index in [1.807, 2.05) is 0 Å². The van der Waals surface area contributed by atoms with Crippen LogP contribution in [0.1, 0.15) is 240 Å². The molecule has 556 valence electrons. The lowest BCUT2D eigenvalue weighted by Gasteiger charge is -2.35. The van der Waals surface area contributed by atoms with Crippen molar-refractivity contribution in [2.75, 3.05) is 93.5 Å². The summed E-state index contributed by atoms with van der Waals surface area (Å²) in [5, 5.41) is 11.4. The first kappa shape index (κ1) is 108. The minimum atomic E-state index is -0.986. The smallest absolute Gasteiger partial charge is 0.373 e. The second kappa shape index (κ2) is 67.8. The van der Waals surface area contributed by atoms with Gasteiger partial charge in [0, 0.05) is 52.5 Å². The quantitative estimate of drug-likeness (QED) is 0.0380. The van der Waals surface area contributed by atoms with Crippen LogP contribution in [0.15, 0.2) is 0 Å². The van der Waals surface area contributed by atoms with Crippen molar-refractivity contribution in [1.29, 1.82) is 0 Å². The van der Waals surface area contributed by atoms with Crippen LogP contribution in [0, 0.1) is 32.5 Å². The Labute approximate surface area is 566 Å². The van der Waals surface area contributed by atoms with E-state index in [1.165, 1.54) is 20.6 Å². The molecule has 0 aromatic rings. The van der Waals surface area contributed by atoms with E-state index in [4.69, 9.17) is 96.8 Å². The number of ether oxygens (including phenoxy) is 8. The highest BCUT2D eigenvalue weighted by molar-refractivity contribution is 5.77. The molecule has 0 heterocycles. The molecule has 0 saturated heterocycles. The summed E-state index contributed by atoms with van der Waals surface area (Å²) < 4.78 is 45.1. The molecule has 0 fully saturated rings. The summed E-state index contributed by atoms with van der Waals surface area (Å²) in [5.74, 6) is -1.56. The van der Waals surface area contributed by atoms with E-state index in [9.17, 15) is 19.2 Å². The van der Waals surface area contributed by atoms with Crippen molar-refractivity contribution in [3.05, 3.63) is 0 Å². The number of carboxylic acids is 1. The molecular weight excluding hydrogens is 1240 g/mol. The van der Waals surface area contributed by atoms with E-state index in [0.29, 0.717) is 92.1 Å². The lowest BCUT2D eigenvalue weighted by atomic mass is 9.92. The van der Waals surface area contributed by atoms with E-state index < -0.39 is 23.0 Å². The highest BCUT2D eigenvalue weighted by Gasteiger charge is 2.34. The fourth-order valence-electron chi connectivity index (χ4n) is 6.64. The number of carbonyl (C=O) groups is 4. The van der Waals surface area contributed by atoms with Gasteiger partial charge in [0.25, 0.3) is 0 Å². The molecule has 4 N–H and O–H groups in total. The van der Waals surface area contributed by atoms with Crippen LogP contribution in [0.4, 0.5) is 0 Å². The first-order chi connectivity index (χ1) is 43.7. The number of esters is 2. The molecule has 0 spiro atoms. The zero-order valence-electron chi connectivity index (χ0n) is 61.5. The Hall–Kier alpha value is -6.12. The summed E-state index contributed by atoms with van der Waals surface area (Å²) in [6, 6.07) is 0. The van der Waals surface area contributed by atoms with Crippen molar-refractivity contribution >= 4 is 60.7 Å². The van der Waals surface area contributed by atoms with Crippen molar-refractivity contribution in [2.24, 2.45) is 38.2 Å². The number of rotatable bonds is 39. The van der Waals surface area contributed by atoms with Crippen LogP contribution in [0.2, 0.25) is 0 Å². The standard InChI is InChI=1S/C35H69NO6.C22H47NO3.C5H8O4.6CO2/c1-32(2,3)21-24-40-27-35(28-41-25-22-33(4,5)6,29-42-26-23-34(7,8)9)36-30(37)19-17-15-13-11-12-14-16-18-20-31(38)39-10;1-19(2,3)10-13-24-16-22(23,17-25-14-11-20(4,5)6)18-26-15-12-21(7,8)9;1-9-5(8)3-2-4(6)7;6*2-1-3/h11-29H2,1-10H3,(H,36,37);10-18,23H2,1-9H3;2-3H2,1H3,(H,6,7);;;;;;. The van der Waals surface area contributed by atoms with Crippen molar-refractivity contribution in [1.82, 2.24) is 5.32 Å². The van der Waals surface area contributed by atoms with Crippen LogP contribution in [0.5, 0.6) is 0 Å². The lowest BCUT2D eigenvalue weighted by molar-refractivity contribution is -0.193. The van der Waals surface area contributed by atoms with Gasteiger partial charge in [0.2, 0.25) is 5.91 Å². The maximum atomic E-state index is 13.2. The largest absolute Gasteiger partial charge is 0.481 e. The van der Waals surface area contributed by atoms with Gasteiger partial charge in [-0.25, -0.2) is 0 Å². The number of carbonyl (C=O) groups excluding carboxylic acids is 15. The molecule has 0 radical (unpaired) electrons. The summed E-state index contributed by atoms with van der Waals surface area (Å²) in [4.78, 5) is 142. The molecule has 1 amide bonds. The number of nitrogens with one attached hydrogen (secondary N) is 1. The Balaban J connectivity index is -0.000000167. The third-order valence-corrected chi connectivity index (χ3v) is 12.2. The molecule has 0 aliphatic rings. The number of nitrogens with two attached hydrogens (primary N) is 1. The molecule has 27 heteroatoms. The molecule has 0 atom stereocenters. The molecule has 0 saturated carbocycles.